The van der Waals surface area contributed by atoms with Crippen molar-refractivity contribution >= 4 is 17.0 Å². The van der Waals surface area contributed by atoms with Gasteiger partial charge in [-0.05, 0) is 31.5 Å². The van der Waals surface area contributed by atoms with Crippen molar-refractivity contribution in [3.05, 3.63) is 45.7 Å². The standard InChI is InChI=1S/C14H14N4OS/c1-8-3-4-10(5-11(8)15)14-17-12(18-19-14)6-13-16-9(2)7-20-13/h3-5,7H,6,15H2,1-2H3. The average molecular weight is 286 g/mol. The molecule has 2 heterocycles. The monoisotopic (exact) mass is 286 g/mol. The van der Waals surface area contributed by atoms with Crippen LogP contribution in [0, 0.1) is 13.8 Å². The highest BCUT2D eigenvalue weighted by Crippen LogP contribution is 2.23. The molecule has 0 aliphatic heterocycles. The van der Waals surface area contributed by atoms with Gasteiger partial charge in [0.05, 0.1) is 6.42 Å². The third kappa shape index (κ3) is 2.55. The molecule has 3 rings (SSSR count). The molecule has 0 aliphatic carbocycles. The van der Waals surface area contributed by atoms with Crippen LogP contribution in [0.5, 0.6) is 0 Å². The van der Waals surface area contributed by atoms with Crippen LogP contribution in [0.2, 0.25) is 0 Å². The smallest absolute Gasteiger partial charge is 0.258 e. The summed E-state index contributed by atoms with van der Waals surface area (Å²) in [5.41, 5.74) is 9.50. The molecule has 0 saturated carbocycles. The van der Waals surface area contributed by atoms with E-state index in [-0.39, 0.29) is 0 Å². The Morgan fingerprint density at radius 2 is 2.10 bits per heavy atom. The minimum atomic E-state index is 0.486. The number of nitrogens with zero attached hydrogens (tertiary/aromatic N) is 3. The van der Waals surface area contributed by atoms with Gasteiger partial charge in [0.15, 0.2) is 5.82 Å². The number of aromatic nitrogens is 3. The average Bonchev–Trinajstić information content (AvgIpc) is 3.03. The second-order valence-corrected chi connectivity index (χ2v) is 5.59. The zero-order valence-electron chi connectivity index (χ0n) is 11.3. The molecule has 0 spiro atoms. The SMILES string of the molecule is Cc1csc(Cc2noc(-c3ccc(C)c(N)c3)n2)n1. The van der Waals surface area contributed by atoms with Crippen molar-refractivity contribution in [3.63, 3.8) is 0 Å². The lowest BCUT2D eigenvalue weighted by Crippen LogP contribution is -1.91. The number of nitrogens with two attached hydrogens (primary N) is 1. The summed E-state index contributed by atoms with van der Waals surface area (Å²) < 4.78 is 5.28. The van der Waals surface area contributed by atoms with Crippen molar-refractivity contribution in [2.24, 2.45) is 0 Å². The van der Waals surface area contributed by atoms with Gasteiger partial charge in [0.1, 0.15) is 5.01 Å². The molecule has 0 aliphatic rings. The summed E-state index contributed by atoms with van der Waals surface area (Å²) in [5.74, 6) is 1.12. The van der Waals surface area contributed by atoms with E-state index in [0.29, 0.717) is 18.1 Å². The summed E-state index contributed by atoms with van der Waals surface area (Å²) in [6.45, 7) is 3.93. The van der Waals surface area contributed by atoms with E-state index < -0.39 is 0 Å². The van der Waals surface area contributed by atoms with Gasteiger partial charge in [-0.15, -0.1) is 11.3 Å². The van der Waals surface area contributed by atoms with Crippen LogP contribution in [0.3, 0.4) is 0 Å². The van der Waals surface area contributed by atoms with E-state index in [0.717, 1.165) is 27.5 Å². The second kappa shape index (κ2) is 5.05. The lowest BCUT2D eigenvalue weighted by Gasteiger charge is -2.00. The molecule has 3 aromatic rings. The van der Waals surface area contributed by atoms with Gasteiger partial charge >= 0.3 is 0 Å². The maximum atomic E-state index is 5.89. The Morgan fingerprint density at radius 3 is 2.80 bits per heavy atom. The van der Waals surface area contributed by atoms with Crippen LogP contribution in [0.4, 0.5) is 5.69 Å². The van der Waals surface area contributed by atoms with Crippen LogP contribution in [0.1, 0.15) is 22.1 Å². The van der Waals surface area contributed by atoms with Crippen molar-refractivity contribution in [2.45, 2.75) is 20.3 Å². The largest absolute Gasteiger partial charge is 0.398 e. The third-order valence-corrected chi connectivity index (χ3v) is 3.94. The van der Waals surface area contributed by atoms with Crippen molar-refractivity contribution in [1.82, 2.24) is 15.1 Å². The van der Waals surface area contributed by atoms with Gasteiger partial charge in [0.25, 0.3) is 5.89 Å². The summed E-state index contributed by atoms with van der Waals surface area (Å²) in [6, 6.07) is 5.72. The minimum Gasteiger partial charge on any atom is -0.398 e. The molecule has 6 heteroatoms. The van der Waals surface area contributed by atoms with Gasteiger partial charge in [0.2, 0.25) is 0 Å². The fourth-order valence-corrected chi connectivity index (χ4v) is 2.60. The first-order valence-electron chi connectivity index (χ1n) is 6.22. The van der Waals surface area contributed by atoms with Crippen LogP contribution in [-0.2, 0) is 6.42 Å². The van der Waals surface area contributed by atoms with Crippen LogP contribution in [0.15, 0.2) is 28.1 Å². The number of benzene rings is 1. The molecule has 20 heavy (non-hydrogen) atoms. The molecule has 0 bridgehead atoms. The van der Waals surface area contributed by atoms with Gasteiger partial charge in [-0.25, -0.2) is 4.98 Å². The lowest BCUT2D eigenvalue weighted by atomic mass is 10.1. The lowest BCUT2D eigenvalue weighted by molar-refractivity contribution is 0.424. The molecule has 0 unspecified atom stereocenters. The topological polar surface area (TPSA) is 77.8 Å². The van der Waals surface area contributed by atoms with Gasteiger partial charge < -0.3 is 10.3 Å². The number of anilines is 1. The van der Waals surface area contributed by atoms with E-state index in [1.807, 2.05) is 37.4 Å². The first-order chi connectivity index (χ1) is 9.61. The number of thiazole rings is 1. The maximum absolute atomic E-state index is 5.89. The van der Waals surface area contributed by atoms with Gasteiger partial charge in [-0.3, -0.25) is 0 Å². The zero-order chi connectivity index (χ0) is 14.1. The number of hydrogen-bond acceptors (Lipinski definition) is 6. The van der Waals surface area contributed by atoms with E-state index in [2.05, 4.69) is 15.1 Å². The Bertz CT molecular complexity index is 747. The van der Waals surface area contributed by atoms with Crippen LogP contribution < -0.4 is 5.73 Å². The predicted molar refractivity (Wildman–Crippen MR) is 78.5 cm³/mol. The first-order valence-corrected chi connectivity index (χ1v) is 7.10. The minimum absolute atomic E-state index is 0.486. The predicted octanol–water partition coefficient (Wildman–Crippen LogP) is 2.98. The first kappa shape index (κ1) is 12.8. The fourth-order valence-electron chi connectivity index (χ4n) is 1.84. The van der Waals surface area contributed by atoms with Crippen molar-refractivity contribution < 1.29 is 4.52 Å². The van der Waals surface area contributed by atoms with E-state index in [1.54, 1.807) is 11.3 Å². The summed E-state index contributed by atoms with van der Waals surface area (Å²) in [7, 11) is 0. The second-order valence-electron chi connectivity index (χ2n) is 4.65. The summed E-state index contributed by atoms with van der Waals surface area (Å²) in [6.07, 6.45) is 0.587. The highest BCUT2D eigenvalue weighted by molar-refractivity contribution is 7.09. The van der Waals surface area contributed by atoms with Crippen molar-refractivity contribution in [3.8, 4) is 11.5 Å². The molecule has 0 fully saturated rings. The Hall–Kier alpha value is -2.21. The molecule has 5 nitrogen and oxygen atoms in total. The Kier molecular flexibility index (Phi) is 3.23. The van der Waals surface area contributed by atoms with Gasteiger partial charge in [0, 0.05) is 22.3 Å². The summed E-state index contributed by atoms with van der Waals surface area (Å²) in [4.78, 5) is 8.78. The molecule has 0 atom stereocenters. The van der Waals surface area contributed by atoms with Crippen molar-refractivity contribution in [2.75, 3.05) is 5.73 Å². The zero-order valence-corrected chi connectivity index (χ0v) is 12.1. The molecule has 2 aromatic heterocycles. The molecular weight excluding hydrogens is 272 g/mol. The number of rotatable bonds is 3. The number of aryl methyl sites for hydroxylation is 2. The van der Waals surface area contributed by atoms with Crippen LogP contribution in [-0.4, -0.2) is 15.1 Å². The van der Waals surface area contributed by atoms with Crippen LogP contribution in [0.25, 0.3) is 11.5 Å². The Morgan fingerprint density at radius 1 is 1.25 bits per heavy atom. The molecule has 102 valence electrons. The third-order valence-electron chi connectivity index (χ3n) is 2.97. The van der Waals surface area contributed by atoms with Gasteiger partial charge in [-0.1, -0.05) is 11.2 Å². The van der Waals surface area contributed by atoms with E-state index in [1.165, 1.54) is 0 Å². The van der Waals surface area contributed by atoms with Crippen molar-refractivity contribution in [1.29, 1.82) is 0 Å². The normalized spacial score (nSPS) is 10.9. The molecule has 0 saturated heterocycles. The summed E-state index contributed by atoms with van der Waals surface area (Å²) >= 11 is 1.60. The number of nitrogen functional groups attached to an aromatic ring is 1. The molecule has 0 amide bonds. The quantitative estimate of drug-likeness (QED) is 0.749. The van der Waals surface area contributed by atoms with E-state index in [9.17, 15) is 0 Å². The highest BCUT2D eigenvalue weighted by Gasteiger charge is 2.11. The summed E-state index contributed by atoms with van der Waals surface area (Å²) in [5, 5.41) is 6.98. The van der Waals surface area contributed by atoms with Crippen LogP contribution >= 0.6 is 11.3 Å². The van der Waals surface area contributed by atoms with E-state index >= 15 is 0 Å². The molecule has 0 radical (unpaired) electrons. The maximum Gasteiger partial charge on any atom is 0.258 e. The highest BCUT2D eigenvalue weighted by atomic mass is 32.1. The molecule has 1 aromatic carbocycles. The van der Waals surface area contributed by atoms with Gasteiger partial charge in [-0.2, -0.15) is 4.98 Å². The molecular formula is C14H14N4OS. The number of hydrogen-bond donors (Lipinski definition) is 1. The molecule has 2 N–H and O–H groups in total. The Balaban J connectivity index is 1.84. The fraction of sp³-hybridized carbons (Fsp3) is 0.214. The van der Waals surface area contributed by atoms with E-state index in [4.69, 9.17) is 10.3 Å². The Labute approximate surface area is 120 Å².